The van der Waals surface area contributed by atoms with Gasteiger partial charge in [0, 0.05) is 12.0 Å². The van der Waals surface area contributed by atoms with Crippen LogP contribution in [0.3, 0.4) is 0 Å². The number of hydrogen-bond donors (Lipinski definition) is 1. The number of sulfonamides is 1. The minimum absolute atomic E-state index is 0.0133. The van der Waals surface area contributed by atoms with Crippen LogP contribution in [0.4, 0.5) is 10.1 Å². The van der Waals surface area contributed by atoms with Gasteiger partial charge < -0.3 is 0 Å². The normalized spacial score (nSPS) is 11.1. The van der Waals surface area contributed by atoms with E-state index in [0.29, 0.717) is 12.0 Å². The first-order chi connectivity index (χ1) is 9.92. The summed E-state index contributed by atoms with van der Waals surface area (Å²) in [7, 11) is -3.81. The van der Waals surface area contributed by atoms with Crippen molar-refractivity contribution in [1.82, 2.24) is 0 Å². The van der Waals surface area contributed by atoms with Crippen LogP contribution >= 0.6 is 0 Å². The number of carbonyl (C=O) groups is 1. The van der Waals surface area contributed by atoms with Gasteiger partial charge in [-0.2, -0.15) is 0 Å². The Morgan fingerprint density at radius 2 is 1.81 bits per heavy atom. The van der Waals surface area contributed by atoms with Crippen molar-refractivity contribution in [2.45, 2.75) is 18.2 Å². The van der Waals surface area contributed by atoms with Crippen molar-refractivity contribution in [2.75, 3.05) is 4.72 Å². The predicted octanol–water partition coefficient (Wildman–Crippen LogP) is 3.22. The lowest BCUT2D eigenvalue weighted by atomic mass is 10.1. The molecule has 0 aliphatic rings. The van der Waals surface area contributed by atoms with Crippen LogP contribution in [0.25, 0.3) is 0 Å². The second-order valence-electron chi connectivity index (χ2n) is 4.42. The number of carbonyl (C=O) groups excluding carboxylic acids is 1. The summed E-state index contributed by atoms with van der Waals surface area (Å²) in [4.78, 5) is 11.5. The molecule has 0 fully saturated rings. The number of rotatable bonds is 5. The molecular weight excluding hydrogens is 293 g/mol. The minimum atomic E-state index is -3.81. The average Bonchev–Trinajstić information content (AvgIpc) is 2.46. The van der Waals surface area contributed by atoms with Crippen molar-refractivity contribution in [3.05, 3.63) is 59.9 Å². The maximum atomic E-state index is 13.1. The number of anilines is 1. The van der Waals surface area contributed by atoms with Gasteiger partial charge in [0.1, 0.15) is 5.82 Å². The summed E-state index contributed by atoms with van der Waals surface area (Å²) in [6.45, 7) is 1.73. The molecule has 0 heterocycles. The van der Waals surface area contributed by atoms with E-state index in [2.05, 4.69) is 4.72 Å². The molecule has 2 aromatic carbocycles. The summed E-state index contributed by atoms with van der Waals surface area (Å²) in [5, 5.41) is 0. The Bertz CT molecular complexity index is 755. The Kier molecular flexibility index (Phi) is 4.37. The number of nitrogens with one attached hydrogen (secondary N) is 1. The number of benzene rings is 2. The Labute approximate surface area is 122 Å². The molecule has 0 spiro atoms. The molecule has 0 radical (unpaired) electrons. The third kappa shape index (κ3) is 3.66. The number of Topliss-reactive ketones (excluding diaryl/α,β-unsaturated/α-hetero) is 1. The fraction of sp³-hybridized carbons (Fsp3) is 0.133. The topological polar surface area (TPSA) is 63.2 Å². The van der Waals surface area contributed by atoms with E-state index in [0.717, 1.165) is 6.07 Å². The van der Waals surface area contributed by atoms with Crippen LogP contribution in [0.1, 0.15) is 23.7 Å². The second kappa shape index (κ2) is 6.05. The molecule has 4 nitrogen and oxygen atoms in total. The van der Waals surface area contributed by atoms with Crippen LogP contribution in [0.5, 0.6) is 0 Å². The van der Waals surface area contributed by atoms with Crippen molar-refractivity contribution in [3.63, 3.8) is 0 Å². The molecule has 0 saturated carbocycles. The smallest absolute Gasteiger partial charge is 0.261 e. The lowest BCUT2D eigenvalue weighted by molar-refractivity contribution is 0.0988. The van der Waals surface area contributed by atoms with Crippen molar-refractivity contribution in [3.8, 4) is 0 Å². The highest BCUT2D eigenvalue weighted by atomic mass is 32.2. The predicted molar refractivity (Wildman–Crippen MR) is 78.3 cm³/mol. The Balaban J connectivity index is 2.25. The summed E-state index contributed by atoms with van der Waals surface area (Å²) in [5.41, 5.74) is 0.603. The largest absolute Gasteiger partial charge is 0.294 e. The van der Waals surface area contributed by atoms with Gasteiger partial charge in [-0.25, -0.2) is 12.8 Å². The van der Waals surface area contributed by atoms with Crippen molar-refractivity contribution in [2.24, 2.45) is 0 Å². The Hall–Kier alpha value is -2.21. The molecule has 1 N–H and O–H groups in total. The summed E-state index contributed by atoms with van der Waals surface area (Å²) < 4.78 is 39.6. The van der Waals surface area contributed by atoms with Gasteiger partial charge in [0.25, 0.3) is 10.0 Å². The van der Waals surface area contributed by atoms with Crippen molar-refractivity contribution >= 4 is 21.5 Å². The number of ketones is 1. The van der Waals surface area contributed by atoms with Gasteiger partial charge in [-0.15, -0.1) is 0 Å². The van der Waals surface area contributed by atoms with E-state index in [-0.39, 0.29) is 16.4 Å². The summed E-state index contributed by atoms with van der Waals surface area (Å²) in [5.74, 6) is -0.587. The molecule has 0 aromatic heterocycles. The van der Waals surface area contributed by atoms with E-state index in [1.54, 1.807) is 6.92 Å². The zero-order chi connectivity index (χ0) is 15.5. The van der Waals surface area contributed by atoms with E-state index in [1.165, 1.54) is 42.5 Å². The summed E-state index contributed by atoms with van der Waals surface area (Å²) in [6, 6.07) is 10.8. The van der Waals surface area contributed by atoms with Crippen molar-refractivity contribution in [1.29, 1.82) is 0 Å². The standard InChI is InChI=1S/C15H14FNO3S/c1-2-15(18)11-6-8-14(9-7-11)21(19,20)17-13-5-3-4-12(16)10-13/h3-10,17H,2H2,1H3. The van der Waals surface area contributed by atoms with Gasteiger partial charge in [-0.3, -0.25) is 9.52 Å². The maximum Gasteiger partial charge on any atom is 0.261 e. The number of halogens is 1. The third-order valence-corrected chi connectivity index (χ3v) is 4.28. The highest BCUT2D eigenvalue weighted by molar-refractivity contribution is 7.92. The maximum absolute atomic E-state index is 13.1. The van der Waals surface area contributed by atoms with Crippen LogP contribution in [-0.4, -0.2) is 14.2 Å². The molecular formula is C15H14FNO3S. The first-order valence-electron chi connectivity index (χ1n) is 6.34. The van der Waals surface area contributed by atoms with E-state index in [1.807, 2.05) is 0 Å². The highest BCUT2D eigenvalue weighted by Crippen LogP contribution is 2.17. The first kappa shape index (κ1) is 15.2. The minimum Gasteiger partial charge on any atom is -0.294 e. The second-order valence-corrected chi connectivity index (χ2v) is 6.10. The molecule has 0 saturated heterocycles. The summed E-state index contributed by atoms with van der Waals surface area (Å²) >= 11 is 0. The SMILES string of the molecule is CCC(=O)c1ccc(S(=O)(=O)Nc2cccc(F)c2)cc1. The fourth-order valence-corrected chi connectivity index (χ4v) is 2.84. The quantitative estimate of drug-likeness (QED) is 0.863. The lowest BCUT2D eigenvalue weighted by Crippen LogP contribution is -2.13. The van der Waals surface area contributed by atoms with Crippen LogP contribution in [0.15, 0.2) is 53.4 Å². The number of hydrogen-bond acceptors (Lipinski definition) is 3. The molecule has 0 bridgehead atoms. The zero-order valence-corrected chi connectivity index (χ0v) is 12.2. The third-order valence-electron chi connectivity index (χ3n) is 2.88. The van der Waals surface area contributed by atoms with Gasteiger partial charge in [-0.1, -0.05) is 25.1 Å². The van der Waals surface area contributed by atoms with Gasteiger partial charge in [0.2, 0.25) is 0 Å². The molecule has 0 aliphatic heterocycles. The molecule has 0 amide bonds. The van der Waals surface area contributed by atoms with E-state index >= 15 is 0 Å². The fourth-order valence-electron chi connectivity index (χ4n) is 1.79. The van der Waals surface area contributed by atoms with Gasteiger partial charge in [0.15, 0.2) is 5.78 Å². The molecule has 0 aliphatic carbocycles. The van der Waals surface area contributed by atoms with E-state index in [4.69, 9.17) is 0 Å². The molecule has 110 valence electrons. The first-order valence-corrected chi connectivity index (χ1v) is 7.82. The van der Waals surface area contributed by atoms with Crippen LogP contribution in [0, 0.1) is 5.82 Å². The van der Waals surface area contributed by atoms with Gasteiger partial charge >= 0.3 is 0 Å². The van der Waals surface area contributed by atoms with Gasteiger partial charge in [0.05, 0.1) is 10.6 Å². The van der Waals surface area contributed by atoms with E-state index < -0.39 is 15.8 Å². The average molecular weight is 307 g/mol. The summed E-state index contributed by atoms with van der Waals surface area (Å²) in [6.07, 6.45) is 0.355. The Morgan fingerprint density at radius 3 is 2.38 bits per heavy atom. The van der Waals surface area contributed by atoms with Crippen molar-refractivity contribution < 1.29 is 17.6 Å². The monoisotopic (exact) mass is 307 g/mol. The van der Waals surface area contributed by atoms with Crippen LogP contribution in [0.2, 0.25) is 0 Å². The molecule has 2 rings (SSSR count). The molecule has 21 heavy (non-hydrogen) atoms. The lowest BCUT2D eigenvalue weighted by Gasteiger charge is -2.08. The van der Waals surface area contributed by atoms with Crippen LogP contribution in [-0.2, 0) is 10.0 Å². The van der Waals surface area contributed by atoms with Crippen LogP contribution < -0.4 is 4.72 Å². The Morgan fingerprint density at radius 1 is 1.14 bits per heavy atom. The molecule has 0 atom stereocenters. The van der Waals surface area contributed by atoms with E-state index in [9.17, 15) is 17.6 Å². The van der Waals surface area contributed by atoms with Gasteiger partial charge in [-0.05, 0) is 30.3 Å². The highest BCUT2D eigenvalue weighted by Gasteiger charge is 2.15. The molecule has 6 heteroatoms. The molecule has 0 unspecified atom stereocenters. The zero-order valence-electron chi connectivity index (χ0n) is 11.3. The molecule has 2 aromatic rings.